The Labute approximate surface area is 265 Å². The molecule has 0 radical (unpaired) electrons. The SMILES string of the molecule is CN(Cc1ccncc1)C(=O)[C@H]1CCc2c(-c3ccc(C(=O)O)cc3F)nn(C(=O)c3c(Cl)cccc3C3(C(F)(F)F)CC3)c2C1. The molecule has 2 aliphatic rings. The molecule has 4 aromatic rings. The van der Waals surface area contributed by atoms with Crippen LogP contribution in [0.15, 0.2) is 60.9 Å². The molecular formula is C33H27ClF4N4O4. The van der Waals surface area contributed by atoms with Crippen LogP contribution in [0.3, 0.4) is 0 Å². The summed E-state index contributed by atoms with van der Waals surface area (Å²) in [6.07, 6.45) is -1.27. The third kappa shape index (κ3) is 5.44. The van der Waals surface area contributed by atoms with Crippen molar-refractivity contribution >= 4 is 29.4 Å². The largest absolute Gasteiger partial charge is 0.478 e. The maximum Gasteiger partial charge on any atom is 0.398 e. The molecule has 0 unspecified atom stereocenters. The molecule has 0 aliphatic heterocycles. The number of carbonyl (C=O) groups excluding carboxylic acids is 2. The third-order valence-electron chi connectivity index (χ3n) is 8.87. The molecule has 2 aliphatic carbocycles. The Kier molecular flexibility index (Phi) is 7.95. The van der Waals surface area contributed by atoms with E-state index in [4.69, 9.17) is 11.6 Å². The number of hydrogen-bond acceptors (Lipinski definition) is 5. The molecule has 13 heteroatoms. The summed E-state index contributed by atoms with van der Waals surface area (Å²) in [7, 11) is 1.65. The highest BCUT2D eigenvalue weighted by atomic mass is 35.5. The fraction of sp³-hybridized carbons (Fsp3) is 0.303. The van der Waals surface area contributed by atoms with Crippen molar-refractivity contribution in [2.75, 3.05) is 7.05 Å². The van der Waals surface area contributed by atoms with Gasteiger partial charge in [0.25, 0.3) is 5.91 Å². The zero-order valence-electron chi connectivity index (χ0n) is 24.4. The molecule has 1 amide bonds. The Hall–Kier alpha value is -4.58. The maximum atomic E-state index is 15.3. The van der Waals surface area contributed by atoms with Gasteiger partial charge in [-0.1, -0.05) is 23.7 Å². The van der Waals surface area contributed by atoms with E-state index in [0.717, 1.165) is 16.3 Å². The van der Waals surface area contributed by atoms with Crippen LogP contribution >= 0.6 is 11.6 Å². The molecule has 0 bridgehead atoms. The molecule has 1 saturated carbocycles. The van der Waals surface area contributed by atoms with Crippen molar-refractivity contribution in [2.45, 2.75) is 50.2 Å². The lowest BCUT2D eigenvalue weighted by Crippen LogP contribution is -2.36. The van der Waals surface area contributed by atoms with Gasteiger partial charge in [0.15, 0.2) is 0 Å². The van der Waals surface area contributed by atoms with E-state index in [0.29, 0.717) is 18.5 Å². The molecule has 2 aromatic heterocycles. The minimum absolute atomic E-state index is 0.00657. The number of alkyl halides is 3. The fourth-order valence-corrected chi connectivity index (χ4v) is 6.53. The van der Waals surface area contributed by atoms with Gasteiger partial charge in [0.1, 0.15) is 5.82 Å². The van der Waals surface area contributed by atoms with Crippen LogP contribution in [0.1, 0.15) is 62.4 Å². The van der Waals surface area contributed by atoms with Gasteiger partial charge < -0.3 is 10.0 Å². The van der Waals surface area contributed by atoms with Crippen molar-refractivity contribution < 1.29 is 37.1 Å². The number of pyridine rings is 1. The zero-order chi connectivity index (χ0) is 33.0. The normalized spacial score (nSPS) is 16.9. The first-order valence-electron chi connectivity index (χ1n) is 14.5. The third-order valence-corrected chi connectivity index (χ3v) is 9.18. The maximum absolute atomic E-state index is 15.3. The van der Waals surface area contributed by atoms with E-state index < -0.39 is 35.2 Å². The van der Waals surface area contributed by atoms with Crippen molar-refractivity contribution in [1.82, 2.24) is 19.7 Å². The molecule has 0 spiro atoms. The lowest BCUT2D eigenvalue weighted by atomic mass is 9.84. The molecular weight excluding hydrogens is 628 g/mol. The number of amides is 1. The van der Waals surface area contributed by atoms with Gasteiger partial charge in [-0.2, -0.15) is 23.0 Å². The summed E-state index contributed by atoms with van der Waals surface area (Å²) >= 11 is 6.42. The van der Waals surface area contributed by atoms with Crippen molar-refractivity contribution in [1.29, 1.82) is 0 Å². The second-order valence-corrected chi connectivity index (χ2v) is 12.1. The first-order valence-corrected chi connectivity index (χ1v) is 14.9. The molecule has 1 N–H and O–H groups in total. The molecule has 238 valence electrons. The van der Waals surface area contributed by atoms with Crippen LogP contribution in [0.4, 0.5) is 17.6 Å². The number of rotatable bonds is 7. The second kappa shape index (κ2) is 11.7. The summed E-state index contributed by atoms with van der Waals surface area (Å²) in [5.74, 6) is -3.99. The summed E-state index contributed by atoms with van der Waals surface area (Å²) in [6.45, 7) is 0.303. The van der Waals surface area contributed by atoms with E-state index in [2.05, 4.69) is 10.1 Å². The van der Waals surface area contributed by atoms with E-state index in [-0.39, 0.29) is 70.3 Å². The van der Waals surface area contributed by atoms with Crippen molar-refractivity contribution in [2.24, 2.45) is 5.92 Å². The Morgan fingerprint density at radius 1 is 1.11 bits per heavy atom. The van der Waals surface area contributed by atoms with Gasteiger partial charge in [0, 0.05) is 49.5 Å². The highest BCUT2D eigenvalue weighted by Gasteiger charge is 2.65. The lowest BCUT2D eigenvalue weighted by Gasteiger charge is -2.27. The van der Waals surface area contributed by atoms with Gasteiger partial charge in [-0.3, -0.25) is 14.6 Å². The number of nitrogens with zero attached hydrogens (tertiary/aromatic N) is 4. The van der Waals surface area contributed by atoms with Crippen LogP contribution in [0.25, 0.3) is 11.3 Å². The number of fused-ring (bicyclic) bond motifs is 1. The molecule has 2 aromatic carbocycles. The highest BCUT2D eigenvalue weighted by molar-refractivity contribution is 6.34. The number of benzene rings is 2. The predicted octanol–water partition coefficient (Wildman–Crippen LogP) is 6.48. The number of aromatic nitrogens is 3. The van der Waals surface area contributed by atoms with Crippen LogP contribution < -0.4 is 0 Å². The van der Waals surface area contributed by atoms with Gasteiger partial charge in [-0.25, -0.2) is 9.18 Å². The summed E-state index contributed by atoms with van der Waals surface area (Å²) in [4.78, 5) is 44.8. The highest BCUT2D eigenvalue weighted by Crippen LogP contribution is 2.60. The number of carboxylic acids is 1. The first kappa shape index (κ1) is 31.4. The molecule has 1 fully saturated rings. The average Bonchev–Trinajstić information content (AvgIpc) is 3.77. The average molecular weight is 655 g/mol. The van der Waals surface area contributed by atoms with Gasteiger partial charge >= 0.3 is 12.1 Å². The quantitative estimate of drug-likeness (QED) is 0.229. The summed E-state index contributed by atoms with van der Waals surface area (Å²) in [6, 6.07) is 10.7. The van der Waals surface area contributed by atoms with Crippen molar-refractivity contribution in [3.8, 4) is 11.3 Å². The fourth-order valence-electron chi connectivity index (χ4n) is 6.28. The zero-order valence-corrected chi connectivity index (χ0v) is 25.2. The van der Waals surface area contributed by atoms with E-state index >= 15 is 4.39 Å². The standard InChI is InChI=1S/C33H27ClF4N4O4/c1-41(17-18-9-13-39-14-10-18)29(43)19-5-8-22-26(16-19)42(40-28(22)21-7-6-20(31(45)46)15-25(21)35)30(44)27-23(3-2-4-24(27)34)32(11-12-32)33(36,37)38/h2-4,6-7,9-10,13-15,19H,5,8,11-12,16-17H2,1H3,(H,45,46)/t19-/m0/s1. The van der Waals surface area contributed by atoms with Crippen molar-refractivity contribution in [3.05, 3.63) is 105 Å². The van der Waals surface area contributed by atoms with Crippen molar-refractivity contribution in [3.63, 3.8) is 0 Å². The molecule has 2 heterocycles. The Morgan fingerprint density at radius 2 is 1.83 bits per heavy atom. The van der Waals surface area contributed by atoms with E-state index in [1.807, 2.05) is 0 Å². The van der Waals surface area contributed by atoms with Gasteiger partial charge in [-0.15, -0.1) is 0 Å². The Morgan fingerprint density at radius 3 is 2.46 bits per heavy atom. The summed E-state index contributed by atoms with van der Waals surface area (Å²) in [5.41, 5.74) is -1.63. The molecule has 46 heavy (non-hydrogen) atoms. The topological polar surface area (TPSA) is 105 Å². The monoisotopic (exact) mass is 654 g/mol. The lowest BCUT2D eigenvalue weighted by molar-refractivity contribution is -0.160. The summed E-state index contributed by atoms with van der Waals surface area (Å²) in [5, 5.41) is 13.5. The van der Waals surface area contributed by atoms with Gasteiger partial charge in [-0.05, 0) is 73.2 Å². The number of carbonyl (C=O) groups is 3. The van der Waals surface area contributed by atoms with Crippen LogP contribution in [0, 0.1) is 11.7 Å². The molecule has 8 nitrogen and oxygen atoms in total. The van der Waals surface area contributed by atoms with Crippen LogP contribution in [-0.2, 0) is 29.6 Å². The first-order chi connectivity index (χ1) is 21.8. The molecule has 1 atom stereocenters. The predicted molar refractivity (Wildman–Crippen MR) is 159 cm³/mol. The minimum atomic E-state index is -4.63. The molecule has 0 saturated heterocycles. The van der Waals surface area contributed by atoms with Crippen LogP contribution in [-0.4, -0.2) is 55.8 Å². The number of halogens is 5. The van der Waals surface area contributed by atoms with E-state index in [1.54, 1.807) is 36.5 Å². The minimum Gasteiger partial charge on any atom is -0.478 e. The van der Waals surface area contributed by atoms with E-state index in [1.165, 1.54) is 30.3 Å². The Bertz CT molecular complexity index is 1870. The number of hydrogen-bond donors (Lipinski definition) is 1. The van der Waals surface area contributed by atoms with Gasteiger partial charge in [0.2, 0.25) is 5.91 Å². The molecule has 6 rings (SSSR count). The second-order valence-electron chi connectivity index (χ2n) is 11.7. The van der Waals surface area contributed by atoms with Crippen LogP contribution in [0.5, 0.6) is 0 Å². The number of aromatic carboxylic acids is 1. The van der Waals surface area contributed by atoms with Crippen LogP contribution in [0.2, 0.25) is 5.02 Å². The summed E-state index contributed by atoms with van der Waals surface area (Å²) < 4.78 is 59.0. The number of carboxylic acid groups (broad SMARTS) is 1. The van der Waals surface area contributed by atoms with E-state index in [9.17, 15) is 32.7 Å². The Balaban J connectivity index is 1.44. The van der Waals surface area contributed by atoms with Gasteiger partial charge in [0.05, 0.1) is 33.0 Å². The smallest absolute Gasteiger partial charge is 0.398 e.